The lowest BCUT2D eigenvalue weighted by atomic mass is 9.80. The number of carbonyl (C=O) groups excluding carboxylic acids is 2. The highest BCUT2D eigenvalue weighted by Crippen LogP contribution is 2.50. The monoisotopic (exact) mass is 402 g/mol. The smallest absolute Gasteiger partial charge is 0.261 e. The van der Waals surface area contributed by atoms with Crippen molar-refractivity contribution in [2.75, 3.05) is 13.1 Å². The molecule has 0 bridgehead atoms. The normalized spacial score (nSPS) is 26.7. The summed E-state index contributed by atoms with van der Waals surface area (Å²) >= 11 is 1.46. The summed E-state index contributed by atoms with van der Waals surface area (Å²) in [5.74, 6) is 1.48. The van der Waals surface area contributed by atoms with E-state index in [1.807, 2.05) is 37.1 Å². The molecule has 2 aromatic heterocycles. The van der Waals surface area contributed by atoms with Crippen molar-refractivity contribution in [2.45, 2.75) is 52.0 Å². The number of hydrogen-bond donors (Lipinski definition) is 1. The number of hydrogen-bond acceptors (Lipinski definition) is 6. The quantitative estimate of drug-likeness (QED) is 0.849. The fourth-order valence-corrected chi connectivity index (χ4v) is 5.53. The predicted molar refractivity (Wildman–Crippen MR) is 105 cm³/mol. The first-order chi connectivity index (χ1) is 13.3. The summed E-state index contributed by atoms with van der Waals surface area (Å²) < 4.78 is 5.58. The number of carbonyl (C=O) groups is 2. The molecule has 1 N–H and O–H groups in total. The van der Waals surface area contributed by atoms with Gasteiger partial charge in [-0.3, -0.25) is 9.59 Å². The van der Waals surface area contributed by atoms with Crippen molar-refractivity contribution in [1.29, 1.82) is 0 Å². The van der Waals surface area contributed by atoms with Crippen LogP contribution < -0.4 is 5.32 Å². The average molecular weight is 403 g/mol. The van der Waals surface area contributed by atoms with Crippen LogP contribution in [0.25, 0.3) is 0 Å². The molecule has 4 rings (SSSR count). The Bertz CT molecular complexity index is 905. The van der Waals surface area contributed by atoms with Gasteiger partial charge in [-0.1, -0.05) is 19.0 Å². The zero-order valence-corrected chi connectivity index (χ0v) is 17.5. The van der Waals surface area contributed by atoms with E-state index in [9.17, 15) is 9.59 Å². The highest BCUT2D eigenvalue weighted by Gasteiger charge is 2.58. The first kappa shape index (κ1) is 19.1. The van der Waals surface area contributed by atoms with E-state index in [1.54, 1.807) is 6.92 Å². The Kier molecular flexibility index (Phi) is 4.77. The van der Waals surface area contributed by atoms with Gasteiger partial charge in [0, 0.05) is 25.0 Å². The molecular weight excluding hydrogens is 376 g/mol. The number of aryl methyl sites for hydroxylation is 2. The Hall–Kier alpha value is -2.22. The van der Waals surface area contributed by atoms with Gasteiger partial charge in [0.05, 0.1) is 10.3 Å². The standard InChI is InChI=1S/C20H26N4O3S/c1-11(2)18(26)24-9-14-7-15(22-17(25)16-12(3)5-6-28-16)8-20(14,10-24)19-21-13(4)23-27-19/h5-6,11,14-15H,7-10H2,1-4H3,(H,22,25)/t14-,15+,20-/m0/s1. The van der Waals surface area contributed by atoms with Crippen LogP contribution in [0.4, 0.5) is 0 Å². The van der Waals surface area contributed by atoms with Crippen molar-refractivity contribution < 1.29 is 14.1 Å². The van der Waals surface area contributed by atoms with Crippen molar-refractivity contribution in [1.82, 2.24) is 20.4 Å². The van der Waals surface area contributed by atoms with Gasteiger partial charge in [-0.05, 0) is 49.6 Å². The van der Waals surface area contributed by atoms with Crippen LogP contribution >= 0.6 is 11.3 Å². The van der Waals surface area contributed by atoms with Crippen LogP contribution in [0.1, 0.15) is 53.6 Å². The number of nitrogens with zero attached hydrogens (tertiary/aromatic N) is 3. The van der Waals surface area contributed by atoms with Crippen LogP contribution in [0.2, 0.25) is 0 Å². The van der Waals surface area contributed by atoms with E-state index in [0.717, 1.165) is 16.9 Å². The third-order valence-corrected chi connectivity index (χ3v) is 7.05. The number of rotatable bonds is 4. The van der Waals surface area contributed by atoms with Crippen molar-refractivity contribution >= 4 is 23.2 Å². The fourth-order valence-electron chi connectivity index (χ4n) is 4.70. The maximum atomic E-state index is 12.7. The Labute approximate surface area is 168 Å². The van der Waals surface area contributed by atoms with E-state index in [-0.39, 0.29) is 35.1 Å². The number of amides is 2. The summed E-state index contributed by atoms with van der Waals surface area (Å²) in [7, 11) is 0. The van der Waals surface area contributed by atoms with Crippen LogP contribution in [0, 0.1) is 25.7 Å². The number of likely N-dealkylation sites (tertiary alicyclic amines) is 1. The van der Waals surface area contributed by atoms with Crippen molar-refractivity contribution in [3.05, 3.63) is 33.6 Å². The Morgan fingerprint density at radius 2 is 2.18 bits per heavy atom. The SMILES string of the molecule is Cc1noc([C@]23C[C@H](NC(=O)c4sccc4C)C[C@H]2CN(C(=O)C(C)C)C3)n1. The molecule has 0 aromatic carbocycles. The maximum absolute atomic E-state index is 12.7. The van der Waals surface area contributed by atoms with Gasteiger partial charge in [0.1, 0.15) is 0 Å². The summed E-state index contributed by atoms with van der Waals surface area (Å²) in [4.78, 5) is 32.5. The molecule has 7 nitrogen and oxygen atoms in total. The van der Waals surface area contributed by atoms with E-state index in [4.69, 9.17) is 4.52 Å². The molecule has 1 saturated heterocycles. The van der Waals surface area contributed by atoms with Gasteiger partial charge in [0.15, 0.2) is 5.82 Å². The summed E-state index contributed by atoms with van der Waals surface area (Å²) in [5, 5.41) is 9.12. The first-order valence-electron chi connectivity index (χ1n) is 9.74. The summed E-state index contributed by atoms with van der Waals surface area (Å²) in [6, 6.07) is 1.99. The van der Waals surface area contributed by atoms with Crippen LogP contribution in [0.3, 0.4) is 0 Å². The minimum Gasteiger partial charge on any atom is -0.349 e. The number of fused-ring (bicyclic) bond motifs is 1. The molecular formula is C20H26N4O3S. The third kappa shape index (κ3) is 3.13. The predicted octanol–water partition coefficient (Wildman–Crippen LogP) is 2.69. The second-order valence-corrected chi connectivity index (χ2v) is 9.33. The van der Waals surface area contributed by atoms with Gasteiger partial charge >= 0.3 is 0 Å². The molecule has 3 atom stereocenters. The van der Waals surface area contributed by atoms with Crippen LogP contribution in [0.5, 0.6) is 0 Å². The lowest BCUT2D eigenvalue weighted by Gasteiger charge is -2.26. The van der Waals surface area contributed by atoms with Gasteiger partial charge in [-0.25, -0.2) is 0 Å². The molecule has 1 aliphatic carbocycles. The van der Waals surface area contributed by atoms with Crippen LogP contribution in [0.15, 0.2) is 16.0 Å². The highest BCUT2D eigenvalue weighted by molar-refractivity contribution is 7.12. The molecule has 8 heteroatoms. The molecule has 0 unspecified atom stereocenters. The number of thiophene rings is 1. The fraction of sp³-hybridized carbons (Fsp3) is 0.600. The van der Waals surface area contributed by atoms with Crippen molar-refractivity contribution in [2.24, 2.45) is 11.8 Å². The molecule has 0 radical (unpaired) electrons. The third-order valence-electron chi connectivity index (χ3n) is 6.04. The van der Waals surface area contributed by atoms with Gasteiger partial charge in [0.25, 0.3) is 5.91 Å². The van der Waals surface area contributed by atoms with E-state index in [0.29, 0.717) is 31.2 Å². The molecule has 28 heavy (non-hydrogen) atoms. The minimum absolute atomic E-state index is 0.0237. The van der Waals surface area contributed by atoms with Crippen molar-refractivity contribution in [3.8, 4) is 0 Å². The lowest BCUT2D eigenvalue weighted by molar-refractivity contribution is -0.133. The molecule has 1 saturated carbocycles. The molecule has 3 heterocycles. The molecule has 150 valence electrons. The molecule has 0 spiro atoms. The zero-order valence-electron chi connectivity index (χ0n) is 16.7. The minimum atomic E-state index is -0.381. The molecule has 2 aliphatic rings. The second-order valence-electron chi connectivity index (χ2n) is 8.42. The Morgan fingerprint density at radius 1 is 1.39 bits per heavy atom. The molecule has 2 fully saturated rings. The second kappa shape index (κ2) is 6.99. The summed E-state index contributed by atoms with van der Waals surface area (Å²) in [6.45, 7) is 8.84. The first-order valence-corrected chi connectivity index (χ1v) is 10.6. The molecule has 2 amide bonds. The largest absolute Gasteiger partial charge is 0.349 e. The van der Waals surface area contributed by atoms with Crippen LogP contribution in [-0.2, 0) is 10.2 Å². The zero-order chi connectivity index (χ0) is 20.1. The van der Waals surface area contributed by atoms with Gasteiger partial charge in [-0.2, -0.15) is 4.98 Å². The summed E-state index contributed by atoms with van der Waals surface area (Å²) in [6.07, 6.45) is 1.51. The Balaban J connectivity index is 1.57. The molecule has 2 aromatic rings. The van der Waals surface area contributed by atoms with E-state index < -0.39 is 0 Å². The van der Waals surface area contributed by atoms with Gasteiger partial charge in [0.2, 0.25) is 11.8 Å². The van der Waals surface area contributed by atoms with Gasteiger partial charge in [-0.15, -0.1) is 11.3 Å². The van der Waals surface area contributed by atoms with E-state index >= 15 is 0 Å². The Morgan fingerprint density at radius 3 is 2.79 bits per heavy atom. The number of aromatic nitrogens is 2. The van der Waals surface area contributed by atoms with Crippen LogP contribution in [-0.4, -0.2) is 46.0 Å². The van der Waals surface area contributed by atoms with Gasteiger partial charge < -0.3 is 14.7 Å². The summed E-state index contributed by atoms with van der Waals surface area (Å²) in [5.41, 5.74) is 0.616. The highest BCUT2D eigenvalue weighted by atomic mass is 32.1. The van der Waals surface area contributed by atoms with Crippen molar-refractivity contribution in [3.63, 3.8) is 0 Å². The maximum Gasteiger partial charge on any atom is 0.261 e. The number of nitrogens with one attached hydrogen (secondary N) is 1. The average Bonchev–Trinajstić information content (AvgIpc) is 3.37. The van der Waals surface area contributed by atoms with E-state index in [1.165, 1.54) is 11.3 Å². The molecule has 1 aliphatic heterocycles. The topological polar surface area (TPSA) is 88.3 Å². The van der Waals surface area contributed by atoms with E-state index in [2.05, 4.69) is 15.5 Å². The lowest BCUT2D eigenvalue weighted by Crippen LogP contribution is -2.40.